The van der Waals surface area contributed by atoms with Gasteiger partial charge in [-0.3, -0.25) is 4.79 Å². The number of likely N-dealkylation sites (tertiary alicyclic amines) is 1. The van der Waals surface area contributed by atoms with E-state index in [1.165, 1.54) is 12.1 Å². The quantitative estimate of drug-likeness (QED) is 0.461. The standard InChI is InChI=1S/C22H23F4NO3.ClH/c23-15-3-5-17(20(25)10-15)19(18-6-4-16(24)11-21(18)26)13-30-9-8-27-7-1-2-14(12-27)22(28)29;/h3-6,10-11,14,19H,1-2,7-9,12-13H2,(H,28,29);1H. The zero-order valence-corrected chi connectivity index (χ0v) is 17.5. The molecule has 0 saturated carbocycles. The first-order valence-electron chi connectivity index (χ1n) is 9.78. The predicted octanol–water partition coefficient (Wildman–Crippen LogP) is 4.61. The highest BCUT2D eigenvalue weighted by Crippen LogP contribution is 2.30. The Balaban J connectivity index is 0.00000341. The van der Waals surface area contributed by atoms with Gasteiger partial charge < -0.3 is 14.7 Å². The zero-order chi connectivity index (χ0) is 21.7. The summed E-state index contributed by atoms with van der Waals surface area (Å²) in [5.74, 6) is -5.31. The number of carboxylic acids is 1. The lowest BCUT2D eigenvalue weighted by Crippen LogP contribution is -2.40. The summed E-state index contributed by atoms with van der Waals surface area (Å²) < 4.78 is 61.0. The number of nitrogens with zero attached hydrogens (tertiary/aromatic N) is 1. The molecular weight excluding hydrogens is 438 g/mol. The number of piperidine rings is 1. The van der Waals surface area contributed by atoms with Crippen molar-refractivity contribution < 1.29 is 32.2 Å². The fourth-order valence-electron chi connectivity index (χ4n) is 3.77. The molecule has 0 bridgehead atoms. The van der Waals surface area contributed by atoms with Crippen LogP contribution < -0.4 is 0 Å². The summed E-state index contributed by atoms with van der Waals surface area (Å²) in [6.07, 6.45) is 1.42. The van der Waals surface area contributed by atoms with E-state index in [-0.39, 0.29) is 36.7 Å². The molecular formula is C22H24ClF4NO3. The molecule has 1 unspecified atom stereocenters. The molecule has 0 aromatic heterocycles. The SMILES string of the molecule is Cl.O=C(O)C1CCCN(CCOCC(c2ccc(F)cc2F)c2ccc(F)cc2F)C1. The van der Waals surface area contributed by atoms with E-state index >= 15 is 0 Å². The van der Waals surface area contributed by atoms with Gasteiger partial charge in [0.1, 0.15) is 23.3 Å². The van der Waals surface area contributed by atoms with Crippen molar-refractivity contribution in [3.8, 4) is 0 Å². The van der Waals surface area contributed by atoms with Gasteiger partial charge in [-0.05, 0) is 42.6 Å². The van der Waals surface area contributed by atoms with E-state index in [1.807, 2.05) is 4.90 Å². The van der Waals surface area contributed by atoms with E-state index in [4.69, 9.17) is 9.84 Å². The molecule has 0 radical (unpaired) electrons. The lowest BCUT2D eigenvalue weighted by molar-refractivity contribution is -0.143. The van der Waals surface area contributed by atoms with Crippen LogP contribution in [0.15, 0.2) is 36.4 Å². The van der Waals surface area contributed by atoms with E-state index in [9.17, 15) is 22.4 Å². The minimum atomic E-state index is -0.890. The summed E-state index contributed by atoms with van der Waals surface area (Å²) in [7, 11) is 0. The Kier molecular flexibility index (Phi) is 9.28. The molecule has 1 atom stereocenters. The van der Waals surface area contributed by atoms with Crippen LogP contribution in [0.25, 0.3) is 0 Å². The molecule has 1 aliphatic heterocycles. The molecule has 31 heavy (non-hydrogen) atoms. The van der Waals surface area contributed by atoms with Crippen LogP contribution in [-0.4, -0.2) is 48.8 Å². The minimum Gasteiger partial charge on any atom is -0.481 e. The lowest BCUT2D eigenvalue weighted by atomic mass is 9.91. The van der Waals surface area contributed by atoms with E-state index in [1.54, 1.807) is 0 Å². The van der Waals surface area contributed by atoms with Gasteiger partial charge in [-0.2, -0.15) is 0 Å². The van der Waals surface area contributed by atoms with Crippen LogP contribution in [0.5, 0.6) is 0 Å². The molecule has 1 aliphatic rings. The second-order valence-corrected chi connectivity index (χ2v) is 7.44. The van der Waals surface area contributed by atoms with Crippen molar-refractivity contribution in [2.45, 2.75) is 18.8 Å². The summed E-state index contributed by atoms with van der Waals surface area (Å²) in [6, 6.07) is 6.03. The molecule has 1 N–H and O–H groups in total. The minimum absolute atomic E-state index is 0. The van der Waals surface area contributed by atoms with Gasteiger partial charge in [-0.1, -0.05) is 12.1 Å². The zero-order valence-electron chi connectivity index (χ0n) is 16.7. The number of carboxylic acid groups (broad SMARTS) is 1. The van der Waals surface area contributed by atoms with Crippen LogP contribution in [0.2, 0.25) is 0 Å². The summed E-state index contributed by atoms with van der Waals surface area (Å²) in [4.78, 5) is 13.1. The number of halogens is 5. The predicted molar refractivity (Wildman–Crippen MR) is 109 cm³/mol. The second kappa shape index (κ2) is 11.5. The van der Waals surface area contributed by atoms with Gasteiger partial charge in [-0.15, -0.1) is 12.4 Å². The Morgan fingerprint density at radius 3 is 2.16 bits per heavy atom. The first-order valence-corrected chi connectivity index (χ1v) is 9.78. The Labute approximate surface area is 184 Å². The number of hydrogen-bond acceptors (Lipinski definition) is 3. The molecule has 3 rings (SSSR count). The second-order valence-electron chi connectivity index (χ2n) is 7.44. The average molecular weight is 462 g/mol. The van der Waals surface area contributed by atoms with Crippen LogP contribution in [0, 0.1) is 29.2 Å². The molecule has 0 amide bonds. The molecule has 2 aromatic rings. The Bertz CT molecular complexity index is 848. The molecule has 1 saturated heterocycles. The fourth-order valence-corrected chi connectivity index (χ4v) is 3.77. The van der Waals surface area contributed by atoms with E-state index < -0.39 is 41.1 Å². The summed E-state index contributed by atoms with van der Waals surface area (Å²) >= 11 is 0. The number of carbonyl (C=O) groups is 1. The van der Waals surface area contributed by atoms with Crippen LogP contribution in [0.3, 0.4) is 0 Å². The maximum Gasteiger partial charge on any atom is 0.307 e. The van der Waals surface area contributed by atoms with Crippen molar-refractivity contribution in [1.29, 1.82) is 0 Å². The summed E-state index contributed by atoms with van der Waals surface area (Å²) in [5, 5.41) is 9.16. The van der Waals surface area contributed by atoms with Gasteiger partial charge in [0, 0.05) is 31.1 Å². The average Bonchev–Trinajstić information content (AvgIpc) is 2.70. The number of ether oxygens (including phenoxy) is 1. The molecule has 4 nitrogen and oxygen atoms in total. The number of benzene rings is 2. The van der Waals surface area contributed by atoms with Crippen LogP contribution in [0.1, 0.15) is 29.9 Å². The van der Waals surface area contributed by atoms with Crippen molar-refractivity contribution in [2.24, 2.45) is 5.92 Å². The summed E-state index contributed by atoms with van der Waals surface area (Å²) in [5.41, 5.74) is 0.0941. The van der Waals surface area contributed by atoms with Gasteiger partial charge >= 0.3 is 5.97 Å². The van der Waals surface area contributed by atoms with E-state index in [0.717, 1.165) is 25.1 Å². The largest absolute Gasteiger partial charge is 0.481 e. The molecule has 170 valence electrons. The molecule has 1 fully saturated rings. The number of hydrogen-bond donors (Lipinski definition) is 1. The van der Waals surface area contributed by atoms with Crippen molar-refractivity contribution in [3.63, 3.8) is 0 Å². The van der Waals surface area contributed by atoms with Gasteiger partial charge in [-0.25, -0.2) is 17.6 Å². The third-order valence-electron chi connectivity index (χ3n) is 5.37. The van der Waals surface area contributed by atoms with Gasteiger partial charge in [0.2, 0.25) is 0 Å². The van der Waals surface area contributed by atoms with Gasteiger partial charge in [0.05, 0.1) is 19.1 Å². The van der Waals surface area contributed by atoms with E-state index in [0.29, 0.717) is 31.6 Å². The molecule has 1 heterocycles. The van der Waals surface area contributed by atoms with Crippen molar-refractivity contribution >= 4 is 18.4 Å². The Morgan fingerprint density at radius 2 is 1.65 bits per heavy atom. The number of aliphatic carboxylic acids is 1. The first kappa shape index (κ1) is 25.1. The van der Waals surface area contributed by atoms with Gasteiger partial charge in [0.25, 0.3) is 0 Å². The highest BCUT2D eigenvalue weighted by molar-refractivity contribution is 5.85. The smallest absolute Gasteiger partial charge is 0.307 e. The third kappa shape index (κ3) is 6.66. The molecule has 0 aliphatic carbocycles. The molecule has 9 heteroatoms. The Hall–Kier alpha value is -2.16. The highest BCUT2D eigenvalue weighted by Gasteiger charge is 2.26. The third-order valence-corrected chi connectivity index (χ3v) is 5.37. The normalized spacial score (nSPS) is 16.9. The van der Waals surface area contributed by atoms with E-state index in [2.05, 4.69) is 0 Å². The highest BCUT2D eigenvalue weighted by atomic mass is 35.5. The Morgan fingerprint density at radius 1 is 1.06 bits per heavy atom. The van der Waals surface area contributed by atoms with Crippen molar-refractivity contribution in [1.82, 2.24) is 4.90 Å². The topological polar surface area (TPSA) is 49.8 Å². The lowest BCUT2D eigenvalue weighted by Gasteiger charge is -2.30. The molecule has 2 aromatic carbocycles. The van der Waals surface area contributed by atoms with Gasteiger partial charge in [0.15, 0.2) is 0 Å². The summed E-state index contributed by atoms with van der Waals surface area (Å²) in [6.45, 7) is 1.81. The molecule has 0 spiro atoms. The van der Waals surface area contributed by atoms with Crippen molar-refractivity contribution in [2.75, 3.05) is 32.8 Å². The number of rotatable bonds is 8. The first-order chi connectivity index (χ1) is 14.3. The monoisotopic (exact) mass is 461 g/mol. The maximum atomic E-state index is 14.4. The fraction of sp³-hybridized carbons (Fsp3) is 0.409. The maximum absolute atomic E-state index is 14.4. The van der Waals surface area contributed by atoms with Crippen LogP contribution in [0.4, 0.5) is 17.6 Å². The van der Waals surface area contributed by atoms with Crippen molar-refractivity contribution in [3.05, 3.63) is 70.8 Å². The van der Waals surface area contributed by atoms with Crippen LogP contribution in [-0.2, 0) is 9.53 Å². The van der Waals surface area contributed by atoms with Crippen LogP contribution >= 0.6 is 12.4 Å².